The maximum Gasteiger partial charge on any atom is 4.00 e. The third-order valence-electron chi connectivity index (χ3n) is 6.13. The molecule has 0 aliphatic carbocycles. The van der Waals surface area contributed by atoms with Gasteiger partial charge in [0.2, 0.25) is 0 Å². The van der Waals surface area contributed by atoms with E-state index in [0.29, 0.717) is 11.8 Å². The molecule has 1 unspecified atom stereocenters. The summed E-state index contributed by atoms with van der Waals surface area (Å²) in [5, 5.41) is 8.62. The summed E-state index contributed by atoms with van der Waals surface area (Å²) in [7, 11) is 0. The van der Waals surface area contributed by atoms with Crippen LogP contribution in [0.25, 0.3) is 16.6 Å². The average molecular weight is 677 g/mol. The predicted octanol–water partition coefficient (Wildman–Crippen LogP) is 10.8. The minimum Gasteiger partial charge on any atom is -0.672 e. The zero-order valence-electron chi connectivity index (χ0n) is 23.7. The van der Waals surface area contributed by atoms with Gasteiger partial charge < -0.3 is 27.6 Å². The zero-order valence-corrected chi connectivity index (χ0v) is 28.2. The fourth-order valence-electron chi connectivity index (χ4n) is 4.15. The molecule has 0 saturated heterocycles. The maximum atomic E-state index is 5.42. The van der Waals surface area contributed by atoms with Crippen LogP contribution >= 0.6 is 11.3 Å². The van der Waals surface area contributed by atoms with E-state index in [-0.39, 0.29) is 54.2 Å². The molecular formula is C33H42HfN2S. The molecule has 0 spiro atoms. The number of aromatic nitrogens is 1. The second-order valence-corrected chi connectivity index (χ2v) is 10.0. The molecule has 0 fully saturated rings. The molecule has 0 aliphatic rings. The molecule has 0 radical (unpaired) electrons. The smallest absolute Gasteiger partial charge is 0.672 e. The minimum atomic E-state index is -0.128. The number of thiazole rings is 1. The number of aryl methyl sites for hydroxylation is 1. The molecule has 0 bridgehead atoms. The number of nitrogens with zero attached hydrogens (tertiary/aromatic N) is 2. The van der Waals surface area contributed by atoms with Crippen LogP contribution in [0.4, 0.5) is 5.69 Å². The van der Waals surface area contributed by atoms with Crippen molar-refractivity contribution in [2.75, 3.05) is 0 Å². The van der Waals surface area contributed by atoms with Gasteiger partial charge in [-0.15, -0.1) is 17.0 Å². The van der Waals surface area contributed by atoms with Crippen molar-refractivity contribution in [3.05, 3.63) is 133 Å². The van der Waals surface area contributed by atoms with Crippen LogP contribution in [0.3, 0.4) is 0 Å². The van der Waals surface area contributed by atoms with Crippen molar-refractivity contribution in [2.45, 2.75) is 58.9 Å². The predicted molar refractivity (Wildman–Crippen MR) is 162 cm³/mol. The normalized spacial score (nSPS) is 11.0. The molecule has 4 heteroatoms. The van der Waals surface area contributed by atoms with Gasteiger partial charge in [-0.25, -0.2) is 4.98 Å². The van der Waals surface area contributed by atoms with E-state index in [9.17, 15) is 0 Å². The van der Waals surface area contributed by atoms with Crippen LogP contribution in [-0.4, -0.2) is 4.98 Å². The summed E-state index contributed by atoms with van der Waals surface area (Å²) >= 11 is 1.70. The van der Waals surface area contributed by atoms with Crippen molar-refractivity contribution in [3.63, 3.8) is 0 Å². The van der Waals surface area contributed by atoms with E-state index in [1.165, 1.54) is 22.3 Å². The Balaban J connectivity index is 0.00000324. The van der Waals surface area contributed by atoms with Crippen LogP contribution < -0.4 is 0 Å². The summed E-state index contributed by atoms with van der Waals surface area (Å²) in [5.41, 5.74) is 8.43. The Hall–Kier alpha value is -2.04. The van der Waals surface area contributed by atoms with Crippen molar-refractivity contribution in [2.24, 2.45) is 0 Å². The van der Waals surface area contributed by atoms with Crippen molar-refractivity contribution in [3.8, 4) is 11.3 Å². The summed E-state index contributed by atoms with van der Waals surface area (Å²) in [5.74, 6) is 0.811. The van der Waals surface area contributed by atoms with Gasteiger partial charge in [-0.2, -0.15) is 0 Å². The average Bonchev–Trinajstić information content (AvgIpc) is 3.32. The van der Waals surface area contributed by atoms with Crippen molar-refractivity contribution in [1.29, 1.82) is 0 Å². The molecule has 194 valence electrons. The number of benzene rings is 3. The number of rotatable bonds is 8. The van der Waals surface area contributed by atoms with E-state index in [4.69, 9.17) is 10.3 Å². The van der Waals surface area contributed by atoms with E-state index in [1.54, 1.807) is 11.3 Å². The zero-order chi connectivity index (χ0) is 23.4. The first-order chi connectivity index (χ1) is 16.0. The van der Waals surface area contributed by atoms with E-state index in [1.807, 2.05) is 0 Å². The van der Waals surface area contributed by atoms with Gasteiger partial charge in [0.15, 0.2) is 0 Å². The van der Waals surface area contributed by atoms with Crippen LogP contribution in [-0.2, 0) is 32.3 Å². The Kier molecular flexibility index (Phi) is 15.2. The summed E-state index contributed by atoms with van der Waals surface area (Å²) in [6.07, 6.45) is 1.05. The molecule has 0 aliphatic heterocycles. The van der Waals surface area contributed by atoms with E-state index < -0.39 is 0 Å². The molecule has 2 nitrogen and oxygen atoms in total. The third-order valence-corrected chi connectivity index (χ3v) is 7.03. The van der Waals surface area contributed by atoms with E-state index in [2.05, 4.69) is 113 Å². The largest absolute Gasteiger partial charge is 4.00 e. The molecule has 0 saturated carbocycles. The summed E-state index contributed by atoms with van der Waals surface area (Å²) < 4.78 is 0. The van der Waals surface area contributed by atoms with Crippen LogP contribution in [0.15, 0.2) is 78.2 Å². The van der Waals surface area contributed by atoms with Gasteiger partial charge in [0.25, 0.3) is 0 Å². The van der Waals surface area contributed by atoms with Crippen LogP contribution in [0.5, 0.6) is 0 Å². The van der Waals surface area contributed by atoms with E-state index in [0.717, 1.165) is 28.4 Å². The number of hydrogen-bond acceptors (Lipinski definition) is 2. The first kappa shape index (κ1) is 35.0. The van der Waals surface area contributed by atoms with Gasteiger partial charge >= 0.3 is 25.8 Å². The molecule has 3 aromatic carbocycles. The first-order valence-electron chi connectivity index (χ1n) is 11.9. The fraction of sp³-hybridized carbons (Fsp3) is 0.273. The molecular weight excluding hydrogens is 635 g/mol. The Bertz CT molecular complexity index is 1150. The van der Waals surface area contributed by atoms with Crippen molar-refractivity contribution < 1.29 is 25.8 Å². The minimum absolute atomic E-state index is 0. The number of para-hydroxylation sites is 1. The van der Waals surface area contributed by atoms with Crippen LogP contribution in [0, 0.1) is 22.3 Å². The van der Waals surface area contributed by atoms with Gasteiger partial charge in [-0.05, 0) is 29.9 Å². The van der Waals surface area contributed by atoms with Crippen LogP contribution in [0.2, 0.25) is 0 Å². The quantitative estimate of drug-likeness (QED) is 0.135. The Morgan fingerprint density at radius 1 is 0.757 bits per heavy atom. The Labute approximate surface area is 249 Å². The molecule has 0 N–H and O–H groups in total. The van der Waals surface area contributed by atoms with Gasteiger partial charge in [-0.1, -0.05) is 124 Å². The van der Waals surface area contributed by atoms with Gasteiger partial charge in [-0.3, -0.25) is 0 Å². The molecule has 1 atom stereocenters. The molecule has 1 aromatic heterocycles. The SMILES string of the molecule is CCc1ccc(-c2csc(C([N-]c3c(C(C)C)cccc3C(C)C)c3ccccc3)n2)cc1.[CH3-].[CH3-].[CH3-].[Hf+4]. The summed E-state index contributed by atoms with van der Waals surface area (Å²) in [6.45, 7) is 11.2. The monoisotopic (exact) mass is 678 g/mol. The molecule has 0 amide bonds. The molecule has 4 aromatic rings. The van der Waals surface area contributed by atoms with Gasteiger partial charge in [0.1, 0.15) is 0 Å². The molecule has 4 rings (SSSR count). The topological polar surface area (TPSA) is 27.0 Å². The second kappa shape index (κ2) is 16.0. The van der Waals surface area contributed by atoms with Gasteiger partial charge in [0, 0.05) is 10.9 Å². The maximum absolute atomic E-state index is 5.42. The standard InChI is InChI=1S/C30H33N2S.3CH3.Hf/c1-6-22-15-17-23(18-16-22)27-19-33-30(31-27)28(24-11-8-7-9-12-24)32-29-25(20(2)3)13-10-14-26(29)21(4)5;;;;/h7-21,28H,6H2,1-5H3;3*1H3;/q4*-1;+4. The Morgan fingerprint density at radius 3 is 1.84 bits per heavy atom. The molecule has 37 heavy (non-hydrogen) atoms. The first-order valence-corrected chi connectivity index (χ1v) is 12.8. The summed E-state index contributed by atoms with van der Waals surface area (Å²) in [6, 6.07) is 25.8. The van der Waals surface area contributed by atoms with Gasteiger partial charge in [0.05, 0.1) is 10.7 Å². The fourth-order valence-corrected chi connectivity index (χ4v) is 5.04. The van der Waals surface area contributed by atoms with E-state index >= 15 is 0 Å². The second-order valence-electron chi connectivity index (χ2n) is 9.16. The van der Waals surface area contributed by atoms with Crippen LogP contribution in [0.1, 0.15) is 79.8 Å². The Morgan fingerprint density at radius 2 is 1.32 bits per heavy atom. The third kappa shape index (κ3) is 8.22. The molecule has 1 heterocycles. The van der Waals surface area contributed by atoms with Crippen molar-refractivity contribution in [1.82, 2.24) is 4.98 Å². The number of hydrogen-bond donors (Lipinski definition) is 0. The summed E-state index contributed by atoms with van der Waals surface area (Å²) in [4.78, 5) is 5.08. The van der Waals surface area contributed by atoms with Crippen molar-refractivity contribution >= 4 is 17.0 Å².